The molecule has 0 aliphatic heterocycles. The summed E-state index contributed by atoms with van der Waals surface area (Å²) in [6, 6.07) is 1.57. The van der Waals surface area contributed by atoms with Crippen molar-refractivity contribution in [1.82, 2.24) is 0 Å². The minimum absolute atomic E-state index is 0.390. The third-order valence-corrected chi connectivity index (χ3v) is 1.10. The van der Waals surface area contributed by atoms with Crippen molar-refractivity contribution >= 4 is 5.97 Å². The van der Waals surface area contributed by atoms with Crippen LogP contribution in [0.25, 0.3) is 0 Å². The first kappa shape index (κ1) is 8.88. The van der Waals surface area contributed by atoms with Gasteiger partial charge in [0.05, 0.1) is 19.1 Å². The zero-order valence-electron chi connectivity index (χ0n) is 5.24. The molecular formula is C5H8N2O3. The molecule has 10 heavy (non-hydrogen) atoms. The van der Waals surface area contributed by atoms with Gasteiger partial charge in [0.15, 0.2) is 5.54 Å². The lowest BCUT2D eigenvalue weighted by Gasteiger charge is -2.17. The van der Waals surface area contributed by atoms with E-state index in [1.807, 2.05) is 0 Å². The van der Waals surface area contributed by atoms with Gasteiger partial charge in [0.1, 0.15) is 0 Å². The first-order valence-electron chi connectivity index (χ1n) is 2.57. The number of aliphatic hydroxyl groups excluding tert-OH is 1. The molecule has 0 bridgehead atoms. The SMILES string of the molecule is N#CCC(N)(CO)C(=O)O. The Morgan fingerprint density at radius 2 is 2.30 bits per heavy atom. The van der Waals surface area contributed by atoms with Gasteiger partial charge in [-0.2, -0.15) is 5.26 Å². The molecular weight excluding hydrogens is 136 g/mol. The fraction of sp³-hybridized carbons (Fsp3) is 0.600. The topological polar surface area (TPSA) is 107 Å². The van der Waals surface area contributed by atoms with Crippen LogP contribution in [0.1, 0.15) is 6.42 Å². The standard InChI is InChI=1S/C5H8N2O3/c6-2-1-5(7,3-8)4(9)10/h8H,1,3,7H2,(H,9,10). The third-order valence-electron chi connectivity index (χ3n) is 1.10. The zero-order valence-corrected chi connectivity index (χ0v) is 5.24. The average molecular weight is 144 g/mol. The van der Waals surface area contributed by atoms with E-state index in [0.29, 0.717) is 0 Å². The van der Waals surface area contributed by atoms with Crippen molar-refractivity contribution < 1.29 is 15.0 Å². The Morgan fingerprint density at radius 1 is 1.80 bits per heavy atom. The summed E-state index contributed by atoms with van der Waals surface area (Å²) in [6.45, 7) is -0.726. The Kier molecular flexibility index (Phi) is 2.80. The fourth-order valence-corrected chi connectivity index (χ4v) is 0.340. The highest BCUT2D eigenvalue weighted by Gasteiger charge is 2.32. The molecule has 0 rings (SSSR count). The Balaban J connectivity index is 4.26. The Hall–Kier alpha value is -1.12. The number of aliphatic carboxylic acids is 1. The van der Waals surface area contributed by atoms with Crippen LogP contribution >= 0.6 is 0 Å². The summed E-state index contributed by atoms with van der Waals surface area (Å²) in [5.41, 5.74) is 3.28. The highest BCUT2D eigenvalue weighted by atomic mass is 16.4. The van der Waals surface area contributed by atoms with Crippen LogP contribution in [-0.2, 0) is 4.79 Å². The van der Waals surface area contributed by atoms with Crippen molar-refractivity contribution in [3.8, 4) is 6.07 Å². The minimum atomic E-state index is -1.80. The van der Waals surface area contributed by atoms with Gasteiger partial charge in [0.25, 0.3) is 0 Å². The molecule has 0 aromatic heterocycles. The van der Waals surface area contributed by atoms with Crippen LogP contribution in [-0.4, -0.2) is 28.3 Å². The maximum atomic E-state index is 10.2. The maximum absolute atomic E-state index is 10.2. The van der Waals surface area contributed by atoms with Gasteiger partial charge in [0.2, 0.25) is 0 Å². The molecule has 5 nitrogen and oxygen atoms in total. The summed E-state index contributed by atoms with van der Waals surface area (Å²) in [4.78, 5) is 10.2. The van der Waals surface area contributed by atoms with E-state index in [9.17, 15) is 4.79 Å². The van der Waals surface area contributed by atoms with E-state index in [1.54, 1.807) is 6.07 Å². The number of nitrogens with zero attached hydrogens (tertiary/aromatic N) is 1. The van der Waals surface area contributed by atoms with Crippen molar-refractivity contribution in [2.24, 2.45) is 5.73 Å². The molecule has 0 saturated heterocycles. The van der Waals surface area contributed by atoms with Crippen molar-refractivity contribution in [2.75, 3.05) is 6.61 Å². The number of carbonyl (C=O) groups is 1. The molecule has 1 atom stereocenters. The van der Waals surface area contributed by atoms with Gasteiger partial charge >= 0.3 is 5.97 Å². The van der Waals surface area contributed by atoms with Gasteiger partial charge in [-0.05, 0) is 0 Å². The van der Waals surface area contributed by atoms with Crippen molar-refractivity contribution in [2.45, 2.75) is 12.0 Å². The molecule has 0 radical (unpaired) electrons. The van der Waals surface area contributed by atoms with Crippen LogP contribution in [0.3, 0.4) is 0 Å². The number of nitrogens with two attached hydrogens (primary N) is 1. The molecule has 0 saturated carbocycles. The second kappa shape index (κ2) is 3.15. The smallest absolute Gasteiger partial charge is 0.327 e. The van der Waals surface area contributed by atoms with E-state index in [0.717, 1.165) is 0 Å². The molecule has 0 heterocycles. The summed E-state index contributed by atoms with van der Waals surface area (Å²) in [5, 5.41) is 24.8. The number of carboxylic acid groups (broad SMARTS) is 1. The number of hydrogen-bond donors (Lipinski definition) is 3. The van der Waals surface area contributed by atoms with E-state index in [-0.39, 0.29) is 0 Å². The van der Waals surface area contributed by atoms with E-state index in [2.05, 4.69) is 0 Å². The first-order valence-corrected chi connectivity index (χ1v) is 2.57. The van der Waals surface area contributed by atoms with E-state index in [1.165, 1.54) is 0 Å². The largest absolute Gasteiger partial charge is 0.480 e. The minimum Gasteiger partial charge on any atom is -0.480 e. The molecule has 0 aromatic carbocycles. The predicted molar refractivity (Wildman–Crippen MR) is 31.9 cm³/mol. The summed E-state index contributed by atoms with van der Waals surface area (Å²) < 4.78 is 0. The van der Waals surface area contributed by atoms with Crippen LogP contribution < -0.4 is 5.73 Å². The summed E-state index contributed by atoms with van der Waals surface area (Å²) in [5.74, 6) is -1.36. The van der Waals surface area contributed by atoms with Crippen LogP contribution in [0, 0.1) is 11.3 Å². The number of aliphatic hydroxyl groups is 1. The lowest BCUT2D eigenvalue weighted by Crippen LogP contribution is -2.50. The van der Waals surface area contributed by atoms with Crippen molar-refractivity contribution in [3.63, 3.8) is 0 Å². The van der Waals surface area contributed by atoms with E-state index >= 15 is 0 Å². The molecule has 0 fully saturated rings. The predicted octanol–water partition coefficient (Wildman–Crippen LogP) is -1.33. The van der Waals surface area contributed by atoms with Crippen LogP contribution in [0.2, 0.25) is 0 Å². The molecule has 0 amide bonds. The summed E-state index contributed by atoms with van der Waals surface area (Å²) in [7, 11) is 0. The van der Waals surface area contributed by atoms with Gasteiger partial charge in [-0.15, -0.1) is 0 Å². The maximum Gasteiger partial charge on any atom is 0.327 e. The summed E-state index contributed by atoms with van der Waals surface area (Å²) in [6.07, 6.45) is -0.390. The Bertz CT molecular complexity index is 174. The summed E-state index contributed by atoms with van der Waals surface area (Å²) >= 11 is 0. The number of carboxylic acids is 1. The Morgan fingerprint density at radius 3 is 2.40 bits per heavy atom. The molecule has 5 heteroatoms. The van der Waals surface area contributed by atoms with Gasteiger partial charge in [0, 0.05) is 0 Å². The average Bonchev–Trinajstić information content (AvgIpc) is 1.88. The number of nitriles is 1. The molecule has 1 unspecified atom stereocenters. The fourth-order valence-electron chi connectivity index (χ4n) is 0.340. The normalized spacial score (nSPS) is 15.3. The zero-order chi connectivity index (χ0) is 8.20. The lowest BCUT2D eigenvalue weighted by atomic mass is 9.99. The van der Waals surface area contributed by atoms with E-state index in [4.69, 9.17) is 21.2 Å². The van der Waals surface area contributed by atoms with Crippen LogP contribution in [0.5, 0.6) is 0 Å². The molecule has 4 N–H and O–H groups in total. The number of rotatable bonds is 3. The highest BCUT2D eigenvalue weighted by molar-refractivity contribution is 5.79. The second-order valence-electron chi connectivity index (χ2n) is 1.95. The van der Waals surface area contributed by atoms with Crippen molar-refractivity contribution in [3.05, 3.63) is 0 Å². The molecule has 0 aliphatic rings. The van der Waals surface area contributed by atoms with Gasteiger partial charge in [-0.25, -0.2) is 0 Å². The second-order valence-corrected chi connectivity index (χ2v) is 1.95. The van der Waals surface area contributed by atoms with Crippen molar-refractivity contribution in [1.29, 1.82) is 5.26 Å². The van der Waals surface area contributed by atoms with Gasteiger partial charge in [-0.3, -0.25) is 4.79 Å². The van der Waals surface area contributed by atoms with Gasteiger partial charge in [-0.1, -0.05) is 0 Å². The monoisotopic (exact) mass is 144 g/mol. The first-order chi connectivity index (χ1) is 4.56. The lowest BCUT2D eigenvalue weighted by molar-refractivity contribution is -0.144. The molecule has 0 spiro atoms. The third kappa shape index (κ3) is 1.69. The van der Waals surface area contributed by atoms with Crippen LogP contribution in [0.4, 0.5) is 0 Å². The molecule has 0 aromatic rings. The van der Waals surface area contributed by atoms with E-state index < -0.39 is 24.5 Å². The molecule has 0 aliphatic carbocycles. The molecule has 56 valence electrons. The highest BCUT2D eigenvalue weighted by Crippen LogP contribution is 2.03. The quantitative estimate of drug-likeness (QED) is 0.455. The van der Waals surface area contributed by atoms with Gasteiger partial charge < -0.3 is 15.9 Å². The van der Waals surface area contributed by atoms with Crippen LogP contribution in [0.15, 0.2) is 0 Å². The number of hydrogen-bond acceptors (Lipinski definition) is 4. The Labute approximate surface area is 57.7 Å².